The Morgan fingerprint density at radius 2 is 1.93 bits per heavy atom. The van der Waals surface area contributed by atoms with Gasteiger partial charge in [-0.25, -0.2) is 4.98 Å². The van der Waals surface area contributed by atoms with Gasteiger partial charge in [-0.05, 0) is 56.9 Å². The van der Waals surface area contributed by atoms with Gasteiger partial charge < -0.3 is 5.32 Å². The summed E-state index contributed by atoms with van der Waals surface area (Å²) in [7, 11) is 1.91. The summed E-state index contributed by atoms with van der Waals surface area (Å²) in [5.41, 5.74) is 6.24. The highest BCUT2D eigenvalue weighted by atomic mass is 79.9. The minimum Gasteiger partial charge on any atom is -0.350 e. The van der Waals surface area contributed by atoms with Gasteiger partial charge in [0, 0.05) is 29.0 Å². The van der Waals surface area contributed by atoms with Crippen LogP contribution >= 0.6 is 15.9 Å². The largest absolute Gasteiger partial charge is 0.350 e. The summed E-state index contributed by atoms with van der Waals surface area (Å²) in [6, 6.07) is 7.91. The van der Waals surface area contributed by atoms with Gasteiger partial charge in [-0.15, -0.1) is 0 Å². The van der Waals surface area contributed by atoms with Crippen LogP contribution in [-0.4, -0.2) is 20.7 Å². The maximum absolute atomic E-state index is 12.5. The average Bonchev–Trinajstić information content (AvgIpc) is 2.88. The zero-order valence-electron chi connectivity index (χ0n) is 16.4. The molecule has 0 saturated carbocycles. The Balaban J connectivity index is 1.74. The molecule has 3 aromatic rings. The molecule has 0 saturated heterocycles. The molecule has 0 aliphatic heterocycles. The average molecular weight is 429 g/mol. The number of rotatable bonds is 5. The molecule has 1 amide bonds. The number of hydrogen-bond donors (Lipinski definition) is 1. The lowest BCUT2D eigenvalue weighted by Crippen LogP contribution is -2.27. The molecule has 0 aliphatic rings. The van der Waals surface area contributed by atoms with Crippen molar-refractivity contribution >= 4 is 32.9 Å². The lowest BCUT2D eigenvalue weighted by molar-refractivity contribution is -0.121. The minimum atomic E-state index is -0.0450. The number of fused-ring (bicyclic) bond motifs is 1. The third kappa shape index (κ3) is 3.90. The Hall–Kier alpha value is -2.21. The first-order valence-electron chi connectivity index (χ1n) is 9.12. The molecule has 0 radical (unpaired) electrons. The van der Waals surface area contributed by atoms with E-state index in [0.29, 0.717) is 12.8 Å². The van der Waals surface area contributed by atoms with Crippen LogP contribution in [0.25, 0.3) is 11.0 Å². The first-order valence-corrected chi connectivity index (χ1v) is 9.92. The second-order valence-electron chi connectivity index (χ2n) is 7.02. The van der Waals surface area contributed by atoms with Crippen LogP contribution in [0.2, 0.25) is 0 Å². The van der Waals surface area contributed by atoms with Crippen molar-refractivity contribution in [1.29, 1.82) is 0 Å². The number of aryl methyl sites for hydroxylation is 4. The number of amides is 1. The van der Waals surface area contributed by atoms with E-state index in [9.17, 15) is 4.79 Å². The summed E-state index contributed by atoms with van der Waals surface area (Å²) < 4.78 is 2.83. The molecule has 2 heterocycles. The first-order chi connectivity index (χ1) is 12.8. The van der Waals surface area contributed by atoms with Crippen molar-refractivity contribution in [1.82, 2.24) is 20.1 Å². The topological polar surface area (TPSA) is 59.8 Å². The highest BCUT2D eigenvalue weighted by Crippen LogP contribution is 2.26. The van der Waals surface area contributed by atoms with E-state index < -0.39 is 0 Å². The monoisotopic (exact) mass is 428 g/mol. The van der Waals surface area contributed by atoms with Gasteiger partial charge in [0.25, 0.3) is 0 Å². The van der Waals surface area contributed by atoms with E-state index in [4.69, 9.17) is 4.98 Å². The lowest BCUT2D eigenvalue weighted by atomic mass is 9.99. The molecule has 27 heavy (non-hydrogen) atoms. The van der Waals surface area contributed by atoms with Crippen molar-refractivity contribution in [2.24, 2.45) is 7.05 Å². The molecular weight excluding hydrogens is 404 g/mol. The molecule has 1 N–H and O–H groups in total. The van der Waals surface area contributed by atoms with Crippen molar-refractivity contribution < 1.29 is 4.79 Å². The van der Waals surface area contributed by atoms with Crippen molar-refractivity contribution in [3.63, 3.8) is 0 Å². The number of aromatic nitrogens is 3. The van der Waals surface area contributed by atoms with Gasteiger partial charge >= 0.3 is 0 Å². The normalized spacial score (nSPS) is 12.4. The SMILES string of the molecule is Cc1nc2c(c(C)nn2C)c(C)c1CCC(=O)NC(C)c1ccccc1Br. The predicted octanol–water partition coefficient (Wildman–Crippen LogP) is 4.47. The molecule has 3 rings (SSSR count). The lowest BCUT2D eigenvalue weighted by Gasteiger charge is -2.16. The smallest absolute Gasteiger partial charge is 0.220 e. The molecule has 2 aromatic heterocycles. The highest BCUT2D eigenvalue weighted by molar-refractivity contribution is 9.10. The molecular formula is C21H25BrN4O. The summed E-state index contributed by atoms with van der Waals surface area (Å²) in [4.78, 5) is 17.2. The van der Waals surface area contributed by atoms with Crippen LogP contribution in [0, 0.1) is 20.8 Å². The molecule has 0 spiro atoms. The van der Waals surface area contributed by atoms with Gasteiger partial charge in [0.1, 0.15) is 0 Å². The predicted molar refractivity (Wildman–Crippen MR) is 112 cm³/mol. The van der Waals surface area contributed by atoms with Crippen LogP contribution in [0.15, 0.2) is 28.7 Å². The molecule has 0 fully saturated rings. The molecule has 142 valence electrons. The van der Waals surface area contributed by atoms with Gasteiger partial charge in [0.15, 0.2) is 5.65 Å². The summed E-state index contributed by atoms with van der Waals surface area (Å²) in [6.45, 7) is 8.11. The number of nitrogens with zero attached hydrogens (tertiary/aromatic N) is 3. The second kappa shape index (κ2) is 7.80. The maximum atomic E-state index is 12.5. The van der Waals surface area contributed by atoms with Crippen molar-refractivity contribution in [3.8, 4) is 0 Å². The van der Waals surface area contributed by atoms with Crippen LogP contribution in [0.3, 0.4) is 0 Å². The summed E-state index contributed by atoms with van der Waals surface area (Å²) in [5, 5.41) is 8.67. The second-order valence-corrected chi connectivity index (χ2v) is 7.87. The van der Waals surface area contributed by atoms with Gasteiger partial charge in [-0.1, -0.05) is 34.1 Å². The molecule has 5 nitrogen and oxygen atoms in total. The number of hydrogen-bond acceptors (Lipinski definition) is 3. The Morgan fingerprint density at radius 1 is 1.22 bits per heavy atom. The van der Waals surface area contributed by atoms with E-state index in [2.05, 4.69) is 33.3 Å². The van der Waals surface area contributed by atoms with Crippen molar-refractivity contribution in [2.75, 3.05) is 0 Å². The van der Waals surface area contributed by atoms with Gasteiger partial charge in [-0.2, -0.15) is 5.10 Å². The highest BCUT2D eigenvalue weighted by Gasteiger charge is 2.17. The van der Waals surface area contributed by atoms with E-state index in [1.807, 2.05) is 56.8 Å². The molecule has 6 heteroatoms. The quantitative estimate of drug-likeness (QED) is 0.651. The van der Waals surface area contributed by atoms with Crippen LogP contribution in [0.5, 0.6) is 0 Å². The standard InChI is InChI=1S/C21H25BrN4O/c1-12-16(13(2)24-21-20(12)15(4)25-26(21)5)10-11-19(27)23-14(3)17-8-6-7-9-18(17)22/h6-9,14H,10-11H2,1-5H3,(H,23,27). The van der Waals surface area contributed by atoms with Crippen molar-refractivity contribution in [3.05, 3.63) is 56.8 Å². The number of benzene rings is 1. The minimum absolute atomic E-state index is 0.0417. The van der Waals surface area contributed by atoms with Gasteiger partial charge in [0.05, 0.1) is 11.7 Å². The number of pyridine rings is 1. The Labute approximate surface area is 168 Å². The number of carbonyl (C=O) groups excluding carboxylic acids is 1. The van der Waals surface area contributed by atoms with Crippen LogP contribution in [0.1, 0.15) is 47.5 Å². The molecule has 1 atom stereocenters. The first kappa shape index (κ1) is 19.5. The van der Waals surface area contributed by atoms with Crippen LogP contribution in [0.4, 0.5) is 0 Å². The Bertz CT molecular complexity index is 1010. The maximum Gasteiger partial charge on any atom is 0.220 e. The fourth-order valence-corrected chi connectivity index (χ4v) is 4.31. The van der Waals surface area contributed by atoms with E-state index in [0.717, 1.165) is 38.0 Å². The molecule has 1 aromatic carbocycles. The van der Waals surface area contributed by atoms with Crippen LogP contribution < -0.4 is 5.32 Å². The van der Waals surface area contributed by atoms with Crippen LogP contribution in [-0.2, 0) is 18.3 Å². The van der Waals surface area contributed by atoms with E-state index in [1.54, 1.807) is 0 Å². The molecule has 0 aliphatic carbocycles. The fraction of sp³-hybridized carbons (Fsp3) is 0.381. The van der Waals surface area contributed by atoms with Gasteiger partial charge in [0.2, 0.25) is 5.91 Å². The number of carbonyl (C=O) groups is 1. The van der Waals surface area contributed by atoms with E-state index in [-0.39, 0.29) is 11.9 Å². The summed E-state index contributed by atoms with van der Waals surface area (Å²) >= 11 is 3.55. The zero-order valence-corrected chi connectivity index (χ0v) is 18.0. The Kier molecular flexibility index (Phi) is 5.65. The molecule has 0 bridgehead atoms. The van der Waals surface area contributed by atoms with E-state index in [1.165, 1.54) is 5.56 Å². The summed E-state index contributed by atoms with van der Waals surface area (Å²) in [5.74, 6) is 0.0417. The van der Waals surface area contributed by atoms with Crippen molar-refractivity contribution in [2.45, 2.75) is 46.6 Å². The van der Waals surface area contributed by atoms with E-state index >= 15 is 0 Å². The zero-order chi connectivity index (χ0) is 19.7. The van der Waals surface area contributed by atoms with Gasteiger partial charge in [-0.3, -0.25) is 9.48 Å². The number of nitrogens with one attached hydrogen (secondary N) is 1. The summed E-state index contributed by atoms with van der Waals surface area (Å²) in [6.07, 6.45) is 1.10. The fourth-order valence-electron chi connectivity index (χ4n) is 3.69. The number of halogens is 1. The third-order valence-corrected chi connectivity index (χ3v) is 5.80. The third-order valence-electron chi connectivity index (χ3n) is 5.08. The molecule has 1 unspecified atom stereocenters. The Morgan fingerprint density at radius 3 is 2.63 bits per heavy atom.